The van der Waals surface area contributed by atoms with Gasteiger partial charge in [0.05, 0.1) is 6.61 Å². The van der Waals surface area contributed by atoms with Crippen LogP contribution in [0.5, 0.6) is 0 Å². The highest BCUT2D eigenvalue weighted by molar-refractivity contribution is 5.70. The van der Waals surface area contributed by atoms with Crippen molar-refractivity contribution in [2.24, 2.45) is 29.6 Å². The quantitative estimate of drug-likeness (QED) is 0.386. The van der Waals surface area contributed by atoms with Crippen LogP contribution in [0.15, 0.2) is 0 Å². The molecule has 5 heteroatoms. The van der Waals surface area contributed by atoms with E-state index in [-0.39, 0.29) is 30.9 Å². The van der Waals surface area contributed by atoms with Gasteiger partial charge in [-0.15, -0.1) is 0 Å². The van der Waals surface area contributed by atoms with Crippen molar-refractivity contribution in [3.8, 4) is 0 Å². The monoisotopic (exact) mass is 420 g/mol. The number of esters is 1. The number of hydrogen-bond donors (Lipinski definition) is 0. The van der Waals surface area contributed by atoms with Crippen LogP contribution in [-0.2, 0) is 23.8 Å². The van der Waals surface area contributed by atoms with Gasteiger partial charge in [0.15, 0.2) is 6.29 Å². The molecule has 4 fully saturated rings. The molecule has 5 atom stereocenters. The molecule has 3 aliphatic carbocycles. The van der Waals surface area contributed by atoms with Crippen LogP contribution in [0.4, 0.5) is 0 Å². The van der Waals surface area contributed by atoms with E-state index in [4.69, 9.17) is 14.2 Å². The smallest absolute Gasteiger partial charge is 0.305 e. The SMILES string of the molecule is O=CC(CCC(=O)OCC1COC(C2CC3CCCC(C3)C2)O1)CC1CCCCC1. The number of carbonyl (C=O) groups excluding carboxylic acids is 2. The van der Waals surface area contributed by atoms with Gasteiger partial charge in [-0.3, -0.25) is 4.79 Å². The first kappa shape index (κ1) is 22.3. The molecule has 3 saturated carbocycles. The Morgan fingerprint density at radius 3 is 2.50 bits per heavy atom. The van der Waals surface area contributed by atoms with Crippen LogP contribution in [0.2, 0.25) is 0 Å². The van der Waals surface area contributed by atoms with Crippen LogP contribution >= 0.6 is 0 Å². The zero-order valence-corrected chi connectivity index (χ0v) is 18.5. The Kier molecular flexibility index (Phi) is 8.22. The van der Waals surface area contributed by atoms with E-state index in [2.05, 4.69) is 0 Å². The van der Waals surface area contributed by atoms with Gasteiger partial charge in [0.1, 0.15) is 19.0 Å². The molecule has 170 valence electrons. The standard InChI is InChI=1S/C25H40O5/c26-15-21(11-18-5-2-1-3-6-18)9-10-24(27)28-16-23-17-29-25(30-23)22-13-19-7-4-8-20(12-19)14-22/h15,18-23,25H,1-14,16-17H2. The van der Waals surface area contributed by atoms with E-state index < -0.39 is 0 Å². The number of carbonyl (C=O) groups is 2. The van der Waals surface area contributed by atoms with Crippen LogP contribution < -0.4 is 0 Å². The first-order chi connectivity index (χ1) is 14.7. The molecule has 30 heavy (non-hydrogen) atoms. The summed E-state index contributed by atoms with van der Waals surface area (Å²) in [4.78, 5) is 23.6. The lowest BCUT2D eigenvalue weighted by atomic mass is 9.68. The summed E-state index contributed by atoms with van der Waals surface area (Å²) in [6.07, 6.45) is 16.9. The minimum atomic E-state index is -0.218. The summed E-state index contributed by atoms with van der Waals surface area (Å²) in [6.45, 7) is 0.783. The Labute approximate surface area is 181 Å². The molecule has 0 N–H and O–H groups in total. The zero-order valence-electron chi connectivity index (χ0n) is 18.5. The maximum Gasteiger partial charge on any atom is 0.305 e. The molecule has 0 aromatic carbocycles. The molecule has 2 bridgehead atoms. The van der Waals surface area contributed by atoms with Crippen LogP contribution in [0.3, 0.4) is 0 Å². The van der Waals surface area contributed by atoms with Gasteiger partial charge in [0.2, 0.25) is 0 Å². The topological polar surface area (TPSA) is 61.8 Å². The zero-order chi connectivity index (χ0) is 20.8. The second-order valence-corrected chi connectivity index (χ2v) is 10.4. The van der Waals surface area contributed by atoms with Crippen molar-refractivity contribution in [2.45, 2.75) is 102 Å². The predicted octanol–water partition coefficient (Wildman–Crippen LogP) is 5.05. The number of hydrogen-bond acceptors (Lipinski definition) is 5. The van der Waals surface area contributed by atoms with Crippen molar-refractivity contribution in [1.29, 1.82) is 0 Å². The third-order valence-electron chi connectivity index (χ3n) is 8.02. The lowest BCUT2D eigenvalue weighted by molar-refractivity contribution is -0.151. The second kappa shape index (κ2) is 11.1. The van der Waals surface area contributed by atoms with Crippen LogP contribution in [0.1, 0.15) is 89.9 Å². The van der Waals surface area contributed by atoms with E-state index in [1.807, 2.05) is 0 Å². The number of fused-ring (bicyclic) bond motifs is 2. The lowest BCUT2D eigenvalue weighted by Crippen LogP contribution is -2.34. The van der Waals surface area contributed by atoms with Crippen molar-refractivity contribution in [2.75, 3.05) is 13.2 Å². The highest BCUT2D eigenvalue weighted by atomic mass is 16.7. The van der Waals surface area contributed by atoms with Crippen LogP contribution in [0, 0.1) is 29.6 Å². The molecule has 4 aliphatic rings. The Balaban J connectivity index is 1.12. The summed E-state index contributed by atoms with van der Waals surface area (Å²) in [5.41, 5.74) is 0. The molecular formula is C25H40O5. The minimum Gasteiger partial charge on any atom is -0.463 e. The minimum absolute atomic E-state index is 0.0122. The number of ether oxygens (including phenoxy) is 3. The summed E-state index contributed by atoms with van der Waals surface area (Å²) >= 11 is 0. The Hall–Kier alpha value is -0.940. The van der Waals surface area contributed by atoms with Gasteiger partial charge in [-0.25, -0.2) is 0 Å². The van der Waals surface area contributed by atoms with E-state index in [0.717, 1.165) is 24.5 Å². The molecule has 1 saturated heterocycles. The number of aldehydes is 1. The van der Waals surface area contributed by atoms with Crippen molar-refractivity contribution >= 4 is 12.3 Å². The highest BCUT2D eigenvalue weighted by Crippen LogP contribution is 2.45. The molecule has 0 amide bonds. The van der Waals surface area contributed by atoms with Gasteiger partial charge in [-0.05, 0) is 49.9 Å². The van der Waals surface area contributed by atoms with Crippen LogP contribution in [0.25, 0.3) is 0 Å². The molecule has 0 aromatic heterocycles. The third kappa shape index (κ3) is 6.29. The molecular weight excluding hydrogens is 380 g/mol. The van der Waals surface area contributed by atoms with E-state index in [9.17, 15) is 9.59 Å². The van der Waals surface area contributed by atoms with E-state index in [1.54, 1.807) is 0 Å². The average Bonchev–Trinajstić information content (AvgIpc) is 3.25. The fraction of sp³-hybridized carbons (Fsp3) is 0.920. The first-order valence-electron chi connectivity index (χ1n) is 12.6. The van der Waals surface area contributed by atoms with Gasteiger partial charge in [0.25, 0.3) is 0 Å². The van der Waals surface area contributed by atoms with Gasteiger partial charge in [0, 0.05) is 18.3 Å². The molecule has 5 nitrogen and oxygen atoms in total. The summed E-state index contributed by atoms with van der Waals surface area (Å²) < 4.78 is 17.5. The maximum atomic E-state index is 12.2. The average molecular weight is 421 g/mol. The van der Waals surface area contributed by atoms with Crippen molar-refractivity contribution < 1.29 is 23.8 Å². The summed E-state index contributed by atoms with van der Waals surface area (Å²) in [5, 5.41) is 0. The number of rotatable bonds is 9. The molecule has 0 aromatic rings. The van der Waals surface area contributed by atoms with Gasteiger partial charge >= 0.3 is 5.97 Å². The maximum absolute atomic E-state index is 12.2. The largest absolute Gasteiger partial charge is 0.463 e. The second-order valence-electron chi connectivity index (χ2n) is 10.4. The van der Waals surface area contributed by atoms with Crippen molar-refractivity contribution in [3.63, 3.8) is 0 Å². The third-order valence-corrected chi connectivity index (χ3v) is 8.02. The van der Waals surface area contributed by atoms with E-state index in [0.29, 0.717) is 31.3 Å². The molecule has 4 rings (SSSR count). The molecule has 5 unspecified atom stereocenters. The fourth-order valence-electron chi connectivity index (χ4n) is 6.46. The van der Waals surface area contributed by atoms with Crippen LogP contribution in [-0.4, -0.2) is 37.9 Å². The molecule has 1 aliphatic heterocycles. The summed E-state index contributed by atoms with van der Waals surface area (Å²) in [6, 6.07) is 0. The normalized spacial score (nSPS) is 35.7. The predicted molar refractivity (Wildman–Crippen MR) is 114 cm³/mol. The van der Waals surface area contributed by atoms with E-state index >= 15 is 0 Å². The van der Waals surface area contributed by atoms with Gasteiger partial charge in [-0.2, -0.15) is 0 Å². The van der Waals surface area contributed by atoms with Gasteiger partial charge in [-0.1, -0.05) is 51.4 Å². The Bertz CT molecular complexity index is 546. The highest BCUT2D eigenvalue weighted by Gasteiger charge is 2.40. The van der Waals surface area contributed by atoms with Crippen molar-refractivity contribution in [1.82, 2.24) is 0 Å². The first-order valence-corrected chi connectivity index (χ1v) is 12.6. The fourth-order valence-corrected chi connectivity index (χ4v) is 6.46. The van der Waals surface area contributed by atoms with Gasteiger partial charge < -0.3 is 19.0 Å². The van der Waals surface area contributed by atoms with E-state index in [1.165, 1.54) is 70.6 Å². The van der Waals surface area contributed by atoms with Crippen molar-refractivity contribution in [3.05, 3.63) is 0 Å². The molecule has 1 heterocycles. The Morgan fingerprint density at radius 2 is 1.77 bits per heavy atom. The molecule has 0 spiro atoms. The molecule has 0 radical (unpaired) electrons. The summed E-state index contributed by atoms with van der Waals surface area (Å²) in [5.74, 6) is 2.64. The summed E-state index contributed by atoms with van der Waals surface area (Å²) in [7, 11) is 0. The lowest BCUT2D eigenvalue weighted by Gasteiger charge is -2.40. The Morgan fingerprint density at radius 1 is 1.00 bits per heavy atom.